The molecule has 17 heavy (non-hydrogen) atoms. The number of hydrogen-bond acceptors (Lipinski definition) is 3. The van der Waals surface area contributed by atoms with E-state index >= 15 is 0 Å². The van der Waals surface area contributed by atoms with E-state index in [9.17, 15) is 4.79 Å². The Bertz CT molecular complexity index is 408. The van der Waals surface area contributed by atoms with E-state index in [2.05, 4.69) is 20.7 Å². The minimum atomic E-state index is -0.117. The Morgan fingerprint density at radius 3 is 2.65 bits per heavy atom. The molecule has 0 aliphatic heterocycles. The predicted molar refractivity (Wildman–Crippen MR) is 66.1 cm³/mol. The molecule has 1 rings (SSSR count). The molecule has 0 saturated carbocycles. The number of nitrogens with one attached hydrogen (secondary N) is 2. The second kappa shape index (κ2) is 7.27. The van der Waals surface area contributed by atoms with Crippen LogP contribution in [0.2, 0.25) is 0 Å². The van der Waals surface area contributed by atoms with Crippen LogP contribution in [-0.4, -0.2) is 26.0 Å². The first-order chi connectivity index (χ1) is 8.27. The molecular formula is C11H15N5O. The minimum Gasteiger partial charge on any atom is -0.352 e. The molecule has 0 aromatic heterocycles. The van der Waals surface area contributed by atoms with Crippen LogP contribution in [0.3, 0.4) is 0 Å². The van der Waals surface area contributed by atoms with Crippen molar-refractivity contribution < 1.29 is 4.79 Å². The van der Waals surface area contributed by atoms with Crippen LogP contribution in [0, 0.1) is 0 Å². The Balaban J connectivity index is 2.49. The number of hydrogen-bond donors (Lipinski definition) is 2. The molecule has 0 fully saturated rings. The van der Waals surface area contributed by atoms with Crippen molar-refractivity contribution in [3.05, 3.63) is 40.3 Å². The molecule has 0 radical (unpaired) electrons. The van der Waals surface area contributed by atoms with Gasteiger partial charge in [-0.3, -0.25) is 4.79 Å². The highest BCUT2D eigenvalue weighted by Gasteiger charge is 2.03. The monoisotopic (exact) mass is 233 g/mol. The molecule has 0 aliphatic rings. The lowest BCUT2D eigenvalue weighted by Gasteiger charge is -2.04. The van der Waals surface area contributed by atoms with E-state index in [0.717, 1.165) is 13.0 Å². The quantitative estimate of drug-likeness (QED) is 0.340. The van der Waals surface area contributed by atoms with Gasteiger partial charge in [0.05, 0.1) is 0 Å². The van der Waals surface area contributed by atoms with Crippen molar-refractivity contribution in [3.63, 3.8) is 0 Å². The number of rotatable bonds is 6. The third-order valence-corrected chi connectivity index (χ3v) is 2.18. The van der Waals surface area contributed by atoms with Crippen molar-refractivity contribution in [1.29, 1.82) is 0 Å². The van der Waals surface area contributed by atoms with Crippen LogP contribution in [0.1, 0.15) is 16.8 Å². The molecule has 1 aromatic rings. The Morgan fingerprint density at radius 1 is 1.35 bits per heavy atom. The summed E-state index contributed by atoms with van der Waals surface area (Å²) in [4.78, 5) is 14.3. The second-order valence-electron chi connectivity index (χ2n) is 3.45. The molecule has 0 aliphatic carbocycles. The van der Waals surface area contributed by atoms with E-state index in [1.807, 2.05) is 7.05 Å². The normalized spacial score (nSPS) is 9.47. The highest BCUT2D eigenvalue weighted by molar-refractivity contribution is 5.94. The van der Waals surface area contributed by atoms with Crippen molar-refractivity contribution in [1.82, 2.24) is 10.6 Å². The van der Waals surface area contributed by atoms with Crippen LogP contribution >= 0.6 is 0 Å². The third kappa shape index (κ3) is 4.55. The maximum Gasteiger partial charge on any atom is 0.251 e. The van der Waals surface area contributed by atoms with Gasteiger partial charge in [-0.25, -0.2) is 0 Å². The zero-order valence-corrected chi connectivity index (χ0v) is 9.68. The second-order valence-corrected chi connectivity index (χ2v) is 3.45. The summed E-state index contributed by atoms with van der Waals surface area (Å²) in [5.74, 6) is -0.117. The molecule has 0 spiro atoms. The molecule has 6 nitrogen and oxygen atoms in total. The van der Waals surface area contributed by atoms with E-state index in [1.54, 1.807) is 24.3 Å². The van der Waals surface area contributed by atoms with Gasteiger partial charge < -0.3 is 10.6 Å². The molecular weight excluding hydrogens is 218 g/mol. The van der Waals surface area contributed by atoms with Gasteiger partial charge in [0.15, 0.2) is 0 Å². The number of carbonyl (C=O) groups is 1. The highest BCUT2D eigenvalue weighted by Crippen LogP contribution is 2.12. The molecule has 6 heteroatoms. The molecule has 90 valence electrons. The van der Waals surface area contributed by atoms with Crippen LogP contribution in [0.25, 0.3) is 10.4 Å². The molecule has 1 amide bonds. The fraction of sp³-hybridized carbons (Fsp3) is 0.364. The Morgan fingerprint density at radius 2 is 2.06 bits per heavy atom. The van der Waals surface area contributed by atoms with Gasteiger partial charge in [-0.05, 0) is 37.7 Å². The summed E-state index contributed by atoms with van der Waals surface area (Å²) in [6.45, 7) is 1.51. The zero-order valence-electron chi connectivity index (χ0n) is 9.68. The fourth-order valence-corrected chi connectivity index (χ4v) is 1.30. The van der Waals surface area contributed by atoms with Gasteiger partial charge in [0.25, 0.3) is 5.91 Å². The van der Waals surface area contributed by atoms with Crippen LogP contribution in [0.4, 0.5) is 5.69 Å². The molecule has 0 unspecified atom stereocenters. The molecule has 1 aromatic carbocycles. The average molecular weight is 233 g/mol. The molecule has 0 bridgehead atoms. The van der Waals surface area contributed by atoms with Crippen LogP contribution in [0.15, 0.2) is 29.4 Å². The zero-order chi connectivity index (χ0) is 12.5. The Hall–Kier alpha value is -2.04. The van der Waals surface area contributed by atoms with Crippen LogP contribution in [0.5, 0.6) is 0 Å². The van der Waals surface area contributed by atoms with Gasteiger partial charge in [0.2, 0.25) is 0 Å². The maximum absolute atomic E-state index is 11.6. The van der Waals surface area contributed by atoms with Gasteiger partial charge in [-0.2, -0.15) is 0 Å². The topological polar surface area (TPSA) is 89.9 Å². The molecule has 2 N–H and O–H groups in total. The smallest absolute Gasteiger partial charge is 0.251 e. The first-order valence-corrected chi connectivity index (χ1v) is 5.36. The minimum absolute atomic E-state index is 0.117. The van der Waals surface area contributed by atoms with E-state index < -0.39 is 0 Å². The van der Waals surface area contributed by atoms with Gasteiger partial charge in [-0.1, -0.05) is 17.2 Å². The summed E-state index contributed by atoms with van der Waals surface area (Å²) >= 11 is 0. The summed E-state index contributed by atoms with van der Waals surface area (Å²) in [6, 6.07) is 6.50. The van der Waals surface area contributed by atoms with Crippen molar-refractivity contribution in [2.75, 3.05) is 20.1 Å². The van der Waals surface area contributed by atoms with Crippen LogP contribution < -0.4 is 10.6 Å². The predicted octanol–water partition coefficient (Wildman–Crippen LogP) is 1.97. The first kappa shape index (κ1) is 13.0. The van der Waals surface area contributed by atoms with E-state index in [1.165, 1.54) is 0 Å². The number of nitrogens with zero attached hydrogens (tertiary/aromatic N) is 3. The summed E-state index contributed by atoms with van der Waals surface area (Å²) < 4.78 is 0. The summed E-state index contributed by atoms with van der Waals surface area (Å²) in [5, 5.41) is 9.24. The Kier molecular flexibility index (Phi) is 5.57. The van der Waals surface area contributed by atoms with E-state index in [0.29, 0.717) is 17.8 Å². The summed E-state index contributed by atoms with van der Waals surface area (Å²) in [6.07, 6.45) is 0.888. The van der Waals surface area contributed by atoms with Gasteiger partial charge in [-0.15, -0.1) is 0 Å². The molecule has 0 atom stereocenters. The lowest BCUT2D eigenvalue weighted by Crippen LogP contribution is -2.26. The first-order valence-electron chi connectivity index (χ1n) is 5.36. The van der Waals surface area contributed by atoms with Gasteiger partial charge in [0, 0.05) is 22.7 Å². The van der Waals surface area contributed by atoms with Crippen LogP contribution in [-0.2, 0) is 0 Å². The number of carbonyl (C=O) groups excluding carboxylic acids is 1. The number of amides is 1. The summed E-state index contributed by atoms with van der Waals surface area (Å²) in [7, 11) is 1.87. The molecule has 0 heterocycles. The van der Waals surface area contributed by atoms with E-state index in [4.69, 9.17) is 5.53 Å². The SMILES string of the molecule is CNCCCNC(=O)c1ccc(N=[N+]=[N-])cc1. The number of benzene rings is 1. The van der Waals surface area contributed by atoms with Crippen molar-refractivity contribution >= 4 is 11.6 Å². The van der Waals surface area contributed by atoms with Crippen molar-refractivity contribution in [3.8, 4) is 0 Å². The number of azide groups is 1. The maximum atomic E-state index is 11.6. The van der Waals surface area contributed by atoms with E-state index in [-0.39, 0.29) is 5.91 Å². The lowest BCUT2D eigenvalue weighted by atomic mass is 10.2. The fourth-order valence-electron chi connectivity index (χ4n) is 1.30. The lowest BCUT2D eigenvalue weighted by molar-refractivity contribution is 0.0953. The summed E-state index contributed by atoms with van der Waals surface area (Å²) in [5.41, 5.74) is 9.30. The Labute approximate surface area is 99.7 Å². The largest absolute Gasteiger partial charge is 0.352 e. The average Bonchev–Trinajstić information content (AvgIpc) is 2.36. The van der Waals surface area contributed by atoms with Gasteiger partial charge in [0.1, 0.15) is 0 Å². The standard InChI is InChI=1S/C11H15N5O/c1-13-7-2-8-14-11(17)9-3-5-10(6-4-9)15-16-12/h3-6,13H,2,7-8H2,1H3,(H,14,17). The van der Waals surface area contributed by atoms with Crippen molar-refractivity contribution in [2.24, 2.45) is 5.11 Å². The third-order valence-electron chi connectivity index (χ3n) is 2.18. The molecule has 0 saturated heterocycles. The van der Waals surface area contributed by atoms with Crippen molar-refractivity contribution in [2.45, 2.75) is 6.42 Å². The highest BCUT2D eigenvalue weighted by atomic mass is 16.1. The van der Waals surface area contributed by atoms with Gasteiger partial charge >= 0.3 is 0 Å².